The van der Waals surface area contributed by atoms with Gasteiger partial charge in [-0.1, -0.05) is 23.6 Å². The predicted molar refractivity (Wildman–Crippen MR) is 134 cm³/mol. The van der Waals surface area contributed by atoms with Gasteiger partial charge in [0.05, 0.1) is 12.1 Å². The smallest absolute Gasteiger partial charge is 0.326 e. The average Bonchev–Trinajstić information content (AvgIpc) is 2.81. The number of rotatable bonds is 10. The Hall–Kier alpha value is -4.09. The third-order valence-electron chi connectivity index (χ3n) is 5.45. The van der Waals surface area contributed by atoms with Crippen LogP contribution in [0.5, 0.6) is 0 Å². The molecule has 0 saturated heterocycles. The van der Waals surface area contributed by atoms with E-state index >= 15 is 0 Å². The summed E-state index contributed by atoms with van der Waals surface area (Å²) in [6.45, 7) is 2.82. The Morgan fingerprint density at radius 3 is 2.49 bits per heavy atom. The van der Waals surface area contributed by atoms with E-state index in [0.717, 1.165) is 27.7 Å². The van der Waals surface area contributed by atoms with Gasteiger partial charge in [0, 0.05) is 29.6 Å². The molecular weight excluding hydrogens is 470 g/mol. The summed E-state index contributed by atoms with van der Waals surface area (Å²) in [5.74, 6) is -0.384. The van der Waals surface area contributed by atoms with Crippen molar-refractivity contribution in [2.45, 2.75) is 32.4 Å². The molecule has 0 fully saturated rings. The van der Waals surface area contributed by atoms with Gasteiger partial charge in [0.15, 0.2) is 0 Å². The van der Waals surface area contributed by atoms with Crippen molar-refractivity contribution >= 4 is 46.0 Å². The monoisotopic (exact) mass is 493 g/mol. The van der Waals surface area contributed by atoms with E-state index in [2.05, 4.69) is 16.2 Å². The van der Waals surface area contributed by atoms with Crippen LogP contribution in [0.1, 0.15) is 34.3 Å². The molecule has 0 aliphatic carbocycles. The lowest BCUT2D eigenvalue weighted by atomic mass is 10.1. The molecule has 35 heavy (non-hydrogen) atoms. The van der Waals surface area contributed by atoms with Crippen molar-refractivity contribution in [3.05, 3.63) is 70.4 Å². The molecule has 8 nitrogen and oxygen atoms in total. The molecule has 3 N–H and O–H groups in total. The van der Waals surface area contributed by atoms with Gasteiger partial charge in [-0.3, -0.25) is 9.59 Å². The first-order valence-corrected chi connectivity index (χ1v) is 11.2. The number of halogens is 1. The third kappa shape index (κ3) is 6.71. The summed E-state index contributed by atoms with van der Waals surface area (Å²) in [6.07, 6.45) is 5.01. The molecule has 0 bridgehead atoms. The van der Waals surface area contributed by atoms with E-state index < -0.39 is 23.9 Å². The van der Waals surface area contributed by atoms with Crippen molar-refractivity contribution in [1.29, 1.82) is 0 Å². The molecule has 0 unspecified atom stereocenters. The summed E-state index contributed by atoms with van der Waals surface area (Å²) in [4.78, 5) is 40.9. The number of carbonyl (C=O) groups excluding carboxylic acids is 1. The number of nitrogens with one attached hydrogen (secondary N) is 1. The number of hydrogen-bond acceptors (Lipinski definition) is 5. The van der Waals surface area contributed by atoms with Crippen LogP contribution < -0.4 is 10.2 Å². The normalized spacial score (nSPS) is 11.5. The lowest BCUT2D eigenvalue weighted by molar-refractivity contribution is -0.140. The van der Waals surface area contributed by atoms with Gasteiger partial charge in [0.2, 0.25) is 0 Å². The van der Waals surface area contributed by atoms with Gasteiger partial charge < -0.3 is 20.4 Å². The minimum Gasteiger partial charge on any atom is -0.481 e. The maximum atomic E-state index is 12.5. The topological polar surface area (TPSA) is 120 Å². The lowest BCUT2D eigenvalue weighted by Crippen LogP contribution is -2.41. The molecule has 0 radical (unpaired) electrons. The van der Waals surface area contributed by atoms with E-state index in [1.165, 1.54) is 0 Å². The Balaban J connectivity index is 1.76. The van der Waals surface area contributed by atoms with Crippen LogP contribution in [0.25, 0.3) is 10.9 Å². The fraction of sp³-hybridized carbons (Fsp3) is 0.231. The van der Waals surface area contributed by atoms with Gasteiger partial charge in [0.25, 0.3) is 5.91 Å². The Labute approximate surface area is 207 Å². The van der Waals surface area contributed by atoms with Crippen LogP contribution in [0.4, 0.5) is 5.69 Å². The maximum Gasteiger partial charge on any atom is 0.326 e. The first-order chi connectivity index (χ1) is 16.7. The number of anilines is 1. The Morgan fingerprint density at radius 1 is 1.14 bits per heavy atom. The lowest BCUT2D eigenvalue weighted by Gasteiger charge is -2.23. The number of benzene rings is 2. The highest BCUT2D eigenvalue weighted by Crippen LogP contribution is 2.24. The number of amides is 1. The number of hydrogen-bond donors (Lipinski definition) is 3. The molecule has 0 aliphatic rings. The molecule has 0 spiro atoms. The van der Waals surface area contributed by atoms with Crippen molar-refractivity contribution in [3.63, 3.8) is 0 Å². The quantitative estimate of drug-likeness (QED) is 0.289. The van der Waals surface area contributed by atoms with E-state index in [9.17, 15) is 19.5 Å². The van der Waals surface area contributed by atoms with E-state index in [-0.39, 0.29) is 18.4 Å². The second-order valence-electron chi connectivity index (χ2n) is 8.02. The summed E-state index contributed by atoms with van der Waals surface area (Å²) in [6, 6.07) is 13.0. The summed E-state index contributed by atoms with van der Waals surface area (Å²) in [5.41, 5.74) is 3.88. The van der Waals surface area contributed by atoms with Crippen LogP contribution in [0.2, 0.25) is 5.15 Å². The molecule has 0 saturated carbocycles. The summed E-state index contributed by atoms with van der Waals surface area (Å²) in [7, 11) is 0. The van der Waals surface area contributed by atoms with E-state index in [0.29, 0.717) is 18.2 Å². The number of aliphatic carboxylic acids is 2. The zero-order valence-electron chi connectivity index (χ0n) is 19.0. The van der Waals surface area contributed by atoms with Crippen LogP contribution in [-0.2, 0) is 16.1 Å². The Morgan fingerprint density at radius 2 is 1.86 bits per heavy atom. The summed E-state index contributed by atoms with van der Waals surface area (Å²) < 4.78 is 0. The van der Waals surface area contributed by atoms with Gasteiger partial charge >= 0.3 is 11.9 Å². The molecule has 1 atom stereocenters. The minimum absolute atomic E-state index is 0.211. The molecule has 9 heteroatoms. The van der Waals surface area contributed by atoms with E-state index in [4.69, 9.17) is 23.1 Å². The van der Waals surface area contributed by atoms with Gasteiger partial charge in [-0.2, -0.15) is 0 Å². The number of carboxylic acids is 2. The van der Waals surface area contributed by atoms with Gasteiger partial charge in [-0.05, 0) is 66.9 Å². The number of pyridine rings is 1. The van der Waals surface area contributed by atoms with Crippen LogP contribution >= 0.6 is 11.6 Å². The van der Waals surface area contributed by atoms with E-state index in [1.807, 2.05) is 36.1 Å². The molecule has 1 aromatic heterocycles. The number of aromatic nitrogens is 1. The fourth-order valence-electron chi connectivity index (χ4n) is 3.66. The number of terminal acetylenes is 1. The van der Waals surface area contributed by atoms with Gasteiger partial charge in [-0.25, -0.2) is 9.78 Å². The van der Waals surface area contributed by atoms with Crippen LogP contribution in [0, 0.1) is 19.3 Å². The minimum atomic E-state index is -1.29. The molecule has 1 heterocycles. The molecule has 2 aromatic carbocycles. The van der Waals surface area contributed by atoms with Gasteiger partial charge in [-0.15, -0.1) is 6.42 Å². The van der Waals surface area contributed by atoms with Crippen LogP contribution in [-0.4, -0.2) is 45.6 Å². The highest BCUT2D eigenvalue weighted by Gasteiger charge is 2.21. The zero-order chi connectivity index (χ0) is 25.5. The molecular formula is C26H24ClN3O5. The second kappa shape index (κ2) is 11.4. The van der Waals surface area contributed by atoms with Crippen LogP contribution in [0.15, 0.2) is 48.5 Å². The summed E-state index contributed by atoms with van der Waals surface area (Å²) >= 11 is 6.05. The van der Waals surface area contributed by atoms with Crippen molar-refractivity contribution in [2.75, 3.05) is 11.4 Å². The largest absolute Gasteiger partial charge is 0.481 e. The standard InChI is InChI=1S/C26H24ClN3O5/c1-3-12-30(15-17-4-9-21-20(14-17)16(2)13-23(27)28-21)19-7-5-18(6-8-19)25(33)29-22(26(34)35)10-11-24(31)32/h1,4-9,13-14,22H,10-12,15H2,2H3,(H,29,33)(H,31,32)(H,34,35)/t22-/m0/s1. The zero-order valence-corrected chi connectivity index (χ0v) is 19.7. The van der Waals surface area contributed by atoms with Crippen LogP contribution in [0.3, 0.4) is 0 Å². The van der Waals surface area contributed by atoms with Gasteiger partial charge in [0.1, 0.15) is 11.2 Å². The predicted octanol–water partition coefficient (Wildman–Crippen LogP) is 3.88. The third-order valence-corrected chi connectivity index (χ3v) is 5.64. The number of nitrogens with zero attached hydrogens (tertiary/aromatic N) is 2. The highest BCUT2D eigenvalue weighted by atomic mass is 35.5. The molecule has 0 aliphatic heterocycles. The molecule has 3 aromatic rings. The van der Waals surface area contributed by atoms with Crippen molar-refractivity contribution in [2.24, 2.45) is 0 Å². The second-order valence-corrected chi connectivity index (χ2v) is 8.40. The number of carbonyl (C=O) groups is 3. The molecule has 1 amide bonds. The highest BCUT2D eigenvalue weighted by molar-refractivity contribution is 6.29. The molecule has 180 valence electrons. The first-order valence-electron chi connectivity index (χ1n) is 10.8. The van der Waals surface area contributed by atoms with E-state index in [1.54, 1.807) is 24.3 Å². The number of fused-ring (bicyclic) bond motifs is 1. The fourth-order valence-corrected chi connectivity index (χ4v) is 3.91. The summed E-state index contributed by atoms with van der Waals surface area (Å²) in [5, 5.41) is 21.8. The van der Waals surface area contributed by atoms with Crippen molar-refractivity contribution in [1.82, 2.24) is 10.3 Å². The maximum absolute atomic E-state index is 12.5. The Bertz CT molecular complexity index is 1300. The SMILES string of the molecule is C#CCN(Cc1ccc2nc(Cl)cc(C)c2c1)c1ccc(C(=O)N[C@@H](CCC(=O)O)C(=O)O)cc1. The average molecular weight is 494 g/mol. The Kier molecular flexibility index (Phi) is 8.29. The first kappa shape index (κ1) is 25.5. The van der Waals surface area contributed by atoms with Crippen molar-refractivity contribution < 1.29 is 24.6 Å². The number of carboxylic acid groups (broad SMARTS) is 2. The number of aryl methyl sites for hydroxylation is 1. The van der Waals surface area contributed by atoms with Crippen molar-refractivity contribution in [3.8, 4) is 12.3 Å². The molecule has 3 rings (SSSR count).